The summed E-state index contributed by atoms with van der Waals surface area (Å²) in [4.78, 5) is 0. The second kappa shape index (κ2) is 3.76. The van der Waals surface area contributed by atoms with Crippen LogP contribution < -0.4 is 5.64 Å². The first-order valence-electron chi connectivity index (χ1n) is 1.27. The maximum Gasteiger partial charge on any atom is 0.437 e. The minimum atomic E-state index is -1.98. The van der Waals surface area contributed by atoms with E-state index < -0.39 is 14.9 Å². The number of nitrogens with two attached hydrogens (primary N) is 1. The van der Waals surface area contributed by atoms with E-state index in [4.69, 9.17) is 5.64 Å². The van der Waals surface area contributed by atoms with Gasteiger partial charge in [-0.1, -0.05) is 4.39 Å². The van der Waals surface area contributed by atoms with Gasteiger partial charge in [0.1, 0.15) is 0 Å². The normalized spacial score (nSPS) is 13.6. The van der Waals surface area contributed by atoms with Gasteiger partial charge in [-0.2, -0.15) is 0 Å². The van der Waals surface area contributed by atoms with Gasteiger partial charge < -0.3 is 5.64 Å². The summed E-state index contributed by atoms with van der Waals surface area (Å²) in [7, 11) is -1.98. The Hall–Kier alpha value is 0.795. The molecular formula is H2BFINO2S. The van der Waals surface area contributed by atoms with Crippen molar-refractivity contribution in [3.8, 4) is 0 Å². The minimum Gasteiger partial charge on any atom is -0.347 e. The van der Waals surface area contributed by atoms with Gasteiger partial charge in [-0.3, -0.25) is 0 Å². The molecule has 0 radical (unpaired) electrons. The van der Waals surface area contributed by atoms with Crippen molar-refractivity contribution in [3.63, 3.8) is 0 Å². The molecule has 0 bridgehead atoms. The van der Waals surface area contributed by atoms with Gasteiger partial charge in [-0.25, -0.2) is 4.21 Å². The second-order valence-electron chi connectivity index (χ2n) is 0.675. The van der Waals surface area contributed by atoms with Crippen molar-refractivity contribution < 1.29 is 13.1 Å². The van der Waals surface area contributed by atoms with Crippen molar-refractivity contribution in [1.82, 2.24) is 0 Å². The van der Waals surface area contributed by atoms with Crippen LogP contribution in [0.5, 0.6) is 0 Å². The first-order valence-corrected chi connectivity index (χ1v) is 3.66. The Labute approximate surface area is 56.2 Å². The lowest BCUT2D eigenvalue weighted by Crippen LogP contribution is -2.23. The Bertz CT molecular complexity index is 78.1. The van der Waals surface area contributed by atoms with Gasteiger partial charge >= 0.3 is 3.98 Å². The number of halogens is 2. The highest BCUT2D eigenvalue weighted by Gasteiger charge is 2.13. The van der Waals surface area contributed by atoms with Crippen molar-refractivity contribution in [1.29, 1.82) is 0 Å². The van der Waals surface area contributed by atoms with Crippen LogP contribution >= 0.6 is 22.4 Å². The molecular weight excluding hydrogens is 235 g/mol. The van der Waals surface area contributed by atoms with Gasteiger partial charge in [0.2, 0.25) is 0 Å². The molecule has 0 aromatic rings. The molecule has 0 heterocycles. The molecule has 7 heteroatoms. The Morgan fingerprint density at radius 1 is 2.00 bits per heavy atom. The van der Waals surface area contributed by atoms with E-state index in [9.17, 15) is 8.74 Å². The van der Waals surface area contributed by atoms with E-state index in [1.807, 2.05) is 0 Å². The summed E-state index contributed by atoms with van der Waals surface area (Å²) in [5.41, 5.74) is 4.87. The zero-order chi connectivity index (χ0) is 5.86. The van der Waals surface area contributed by atoms with Crippen LogP contribution in [0.3, 0.4) is 0 Å². The molecule has 7 heavy (non-hydrogen) atoms. The highest BCUT2D eigenvalue weighted by Crippen LogP contribution is 1.94. The molecule has 0 aliphatic carbocycles. The van der Waals surface area contributed by atoms with Crippen LogP contribution in [0.4, 0.5) is 4.53 Å². The molecule has 0 aliphatic rings. The Kier molecular flexibility index (Phi) is 4.18. The van der Waals surface area contributed by atoms with E-state index in [0.29, 0.717) is 0 Å². The molecule has 0 spiro atoms. The van der Waals surface area contributed by atoms with Crippen molar-refractivity contribution in [2.75, 3.05) is 0 Å². The molecule has 0 saturated heterocycles. The average Bonchev–Trinajstić information content (AvgIpc) is 1.65. The topological polar surface area (TPSA) is 52.3 Å². The third kappa shape index (κ3) is 3.38. The fourth-order valence-electron chi connectivity index (χ4n) is 0.0347. The number of rotatable bonds is 2. The lowest BCUT2D eigenvalue weighted by Gasteiger charge is -1.87. The predicted octanol–water partition coefficient (Wildman–Crippen LogP) is -0.0702. The van der Waals surface area contributed by atoms with Gasteiger partial charge in [-0.05, 0) is 4.53 Å². The monoisotopic (exact) mass is 237 g/mol. The molecule has 3 nitrogen and oxygen atoms in total. The van der Waals surface area contributed by atoms with Crippen LogP contribution in [-0.2, 0) is 15.3 Å². The molecule has 0 aromatic carbocycles. The summed E-state index contributed by atoms with van der Waals surface area (Å²) in [6.07, 6.45) is 0. The third-order valence-electron chi connectivity index (χ3n) is 0.246. The molecule has 2 N–H and O–H groups in total. The molecule has 0 aliphatic heterocycles. The molecule has 42 valence electrons. The largest absolute Gasteiger partial charge is 0.437 e. The summed E-state index contributed by atoms with van der Waals surface area (Å²) in [5, 5.41) is 0. The number of hydrogen-bond donors (Lipinski definition) is 1. The molecule has 0 fully saturated rings. The van der Waals surface area contributed by atoms with Gasteiger partial charge in [0.25, 0.3) is 0 Å². The second-order valence-corrected chi connectivity index (χ2v) is 4.02. The summed E-state index contributed by atoms with van der Waals surface area (Å²) < 4.78 is 22.7. The van der Waals surface area contributed by atoms with Crippen LogP contribution in [-0.4, -0.2) is 8.19 Å². The van der Waals surface area contributed by atoms with Gasteiger partial charge in [0.05, 0.1) is 0 Å². The molecule has 0 aromatic heterocycles. The molecule has 1 unspecified atom stereocenters. The van der Waals surface area contributed by atoms with Gasteiger partial charge in [-0.15, -0.1) is 22.4 Å². The van der Waals surface area contributed by atoms with E-state index in [1.165, 1.54) is 0 Å². The van der Waals surface area contributed by atoms with Crippen molar-refractivity contribution >= 4 is 37.3 Å². The fourth-order valence-corrected chi connectivity index (χ4v) is 0.340. The first-order chi connectivity index (χ1) is 3.18. The summed E-state index contributed by atoms with van der Waals surface area (Å²) in [6.45, 7) is 0. The molecule has 1 atom stereocenters. The van der Waals surface area contributed by atoms with Crippen LogP contribution in [0.25, 0.3) is 0 Å². The average molecular weight is 237 g/mol. The number of hydrogen-bond acceptors (Lipinski definition) is 3. The van der Waals surface area contributed by atoms with Crippen molar-refractivity contribution in [2.45, 2.75) is 0 Å². The highest BCUT2D eigenvalue weighted by atomic mass is 127. The van der Waals surface area contributed by atoms with Crippen molar-refractivity contribution in [2.24, 2.45) is 5.64 Å². The molecule has 0 rings (SSSR count). The Morgan fingerprint density at radius 3 is 2.43 bits per heavy atom. The van der Waals surface area contributed by atoms with E-state index in [2.05, 4.69) is 4.39 Å². The predicted molar refractivity (Wildman–Crippen MR) is 34.3 cm³/mol. The first kappa shape index (κ1) is 7.79. The van der Waals surface area contributed by atoms with Gasteiger partial charge in [0, 0.05) is 0 Å². The molecule has 0 amide bonds. The highest BCUT2D eigenvalue weighted by molar-refractivity contribution is 14.1. The summed E-state index contributed by atoms with van der Waals surface area (Å²) in [5.74, 6) is 0. The maximum absolute atomic E-state index is 10.8. The fraction of sp³-hybridized carbons (Fsp3) is 0. The van der Waals surface area contributed by atoms with Crippen LogP contribution in [0.1, 0.15) is 0 Å². The van der Waals surface area contributed by atoms with E-state index in [1.54, 1.807) is 22.4 Å². The Morgan fingerprint density at radius 2 is 2.43 bits per heavy atom. The zero-order valence-electron chi connectivity index (χ0n) is 3.14. The lowest BCUT2D eigenvalue weighted by molar-refractivity contribution is 0.0159. The van der Waals surface area contributed by atoms with Crippen molar-refractivity contribution in [3.05, 3.63) is 0 Å². The van der Waals surface area contributed by atoms with Crippen LogP contribution in [0.2, 0.25) is 0 Å². The van der Waals surface area contributed by atoms with Crippen LogP contribution in [0.15, 0.2) is 0 Å². The van der Waals surface area contributed by atoms with E-state index in [-0.39, 0.29) is 0 Å². The lowest BCUT2D eigenvalue weighted by atomic mass is 10.5. The minimum absolute atomic E-state index is 0.789. The standard InChI is InChI=1S/BFH2INO2S/c2-6-7(5)1(3)4/h4H2. The third-order valence-corrected chi connectivity index (χ3v) is 1.98. The maximum atomic E-state index is 10.8. The Balaban J connectivity index is 3.35. The summed E-state index contributed by atoms with van der Waals surface area (Å²) in [6, 6.07) is 0. The summed E-state index contributed by atoms with van der Waals surface area (Å²) >= 11 is 1.58. The smallest absolute Gasteiger partial charge is 0.347 e. The van der Waals surface area contributed by atoms with Crippen LogP contribution in [0, 0.1) is 0 Å². The molecule has 0 saturated carbocycles. The van der Waals surface area contributed by atoms with E-state index in [0.717, 1.165) is 0 Å². The van der Waals surface area contributed by atoms with Gasteiger partial charge in [0.15, 0.2) is 10.9 Å². The van der Waals surface area contributed by atoms with E-state index >= 15 is 0 Å². The quantitative estimate of drug-likeness (QED) is 0.540. The SMILES string of the molecule is NB(I)S(=O)OF. The zero-order valence-corrected chi connectivity index (χ0v) is 6.11.